The number of halogens is 3. The average molecular weight is 373 g/mol. The number of hydrogen-bond acceptors (Lipinski definition) is 2. The van der Waals surface area contributed by atoms with Crippen molar-refractivity contribution in [3.63, 3.8) is 0 Å². The van der Waals surface area contributed by atoms with E-state index in [9.17, 15) is 4.39 Å². The third-order valence-electron chi connectivity index (χ3n) is 3.23. The summed E-state index contributed by atoms with van der Waals surface area (Å²) < 4.78 is 20.8. The molecule has 2 aromatic rings. The molecule has 0 saturated heterocycles. The predicted molar refractivity (Wildman–Crippen MR) is 87.2 cm³/mol. The molecule has 2 atom stereocenters. The van der Waals surface area contributed by atoms with Crippen LogP contribution >= 0.6 is 27.5 Å². The lowest BCUT2D eigenvalue weighted by Gasteiger charge is -2.25. The van der Waals surface area contributed by atoms with Crippen molar-refractivity contribution in [3.8, 4) is 5.75 Å². The fourth-order valence-electron chi connectivity index (χ4n) is 1.98. The molecule has 0 saturated carbocycles. The Morgan fingerprint density at radius 1 is 1.24 bits per heavy atom. The van der Waals surface area contributed by atoms with E-state index < -0.39 is 11.9 Å². The number of hydrogen-bond donors (Lipinski definition) is 1. The Labute approximate surface area is 137 Å². The zero-order valence-electron chi connectivity index (χ0n) is 11.5. The predicted octanol–water partition coefficient (Wildman–Crippen LogP) is 5.10. The highest BCUT2D eigenvalue weighted by Gasteiger charge is 2.22. The summed E-state index contributed by atoms with van der Waals surface area (Å²) in [7, 11) is 0. The molecule has 21 heavy (non-hydrogen) atoms. The van der Waals surface area contributed by atoms with Gasteiger partial charge in [-0.05, 0) is 36.2 Å². The van der Waals surface area contributed by atoms with Crippen LogP contribution in [0.2, 0.25) is 5.02 Å². The third kappa shape index (κ3) is 3.96. The summed E-state index contributed by atoms with van der Waals surface area (Å²) in [6.45, 7) is 1.97. The molecule has 0 aromatic heterocycles. The second-order valence-corrected chi connectivity index (χ2v) is 6.04. The minimum absolute atomic E-state index is 0.0344. The van der Waals surface area contributed by atoms with E-state index in [-0.39, 0.29) is 16.8 Å². The molecular weight excluding hydrogens is 357 g/mol. The molecular formula is C16H16BrClFNO. The Kier molecular flexibility index (Phi) is 5.62. The van der Waals surface area contributed by atoms with E-state index in [1.54, 1.807) is 12.1 Å². The first-order valence-corrected chi connectivity index (χ1v) is 7.81. The van der Waals surface area contributed by atoms with E-state index >= 15 is 0 Å². The molecule has 0 bridgehead atoms. The quantitative estimate of drug-likeness (QED) is 0.792. The van der Waals surface area contributed by atoms with Crippen LogP contribution in [0.4, 0.5) is 4.39 Å². The normalized spacial score (nSPS) is 13.8. The summed E-state index contributed by atoms with van der Waals surface area (Å²) in [6.07, 6.45) is 0.277. The lowest BCUT2D eigenvalue weighted by Crippen LogP contribution is -2.31. The van der Waals surface area contributed by atoms with Gasteiger partial charge in [-0.1, -0.05) is 52.7 Å². The molecule has 5 heteroatoms. The summed E-state index contributed by atoms with van der Waals surface area (Å²) in [6, 6.07) is 12.1. The zero-order chi connectivity index (χ0) is 15.4. The van der Waals surface area contributed by atoms with Crippen LogP contribution in [-0.4, -0.2) is 6.04 Å². The molecule has 2 nitrogen and oxygen atoms in total. The van der Waals surface area contributed by atoms with E-state index in [0.717, 1.165) is 10.0 Å². The van der Waals surface area contributed by atoms with Gasteiger partial charge in [-0.3, -0.25) is 0 Å². The van der Waals surface area contributed by atoms with Crippen molar-refractivity contribution >= 4 is 27.5 Å². The van der Waals surface area contributed by atoms with Gasteiger partial charge in [-0.2, -0.15) is 0 Å². The van der Waals surface area contributed by atoms with Crippen molar-refractivity contribution in [3.05, 3.63) is 63.3 Å². The van der Waals surface area contributed by atoms with Crippen molar-refractivity contribution < 1.29 is 9.13 Å². The Balaban J connectivity index is 2.33. The summed E-state index contributed by atoms with van der Waals surface area (Å²) in [5, 5.41) is 0.0344. The van der Waals surface area contributed by atoms with Crippen molar-refractivity contribution in [1.29, 1.82) is 0 Å². The maximum atomic E-state index is 14.0. The lowest BCUT2D eigenvalue weighted by atomic mass is 10.0. The SMILES string of the molecule is CCC(N)C(Oc1cccc(Cl)c1F)c1ccc(Br)cc1. The summed E-state index contributed by atoms with van der Waals surface area (Å²) >= 11 is 9.17. The van der Waals surface area contributed by atoms with Gasteiger partial charge in [-0.25, -0.2) is 4.39 Å². The minimum Gasteiger partial charge on any atom is -0.481 e. The minimum atomic E-state index is -0.565. The molecule has 2 unspecified atom stereocenters. The monoisotopic (exact) mass is 371 g/mol. The van der Waals surface area contributed by atoms with Gasteiger partial charge < -0.3 is 10.5 Å². The Bertz CT molecular complexity index is 606. The maximum absolute atomic E-state index is 14.0. The van der Waals surface area contributed by atoms with Crippen LogP contribution in [0.15, 0.2) is 46.9 Å². The highest BCUT2D eigenvalue weighted by atomic mass is 79.9. The van der Waals surface area contributed by atoms with E-state index in [2.05, 4.69) is 15.9 Å². The molecule has 0 heterocycles. The standard InChI is InChI=1S/C16H16BrClFNO/c1-2-13(20)16(10-6-8-11(17)9-7-10)21-14-5-3-4-12(18)15(14)19/h3-9,13,16H,2,20H2,1H3. The molecule has 0 amide bonds. The highest BCUT2D eigenvalue weighted by Crippen LogP contribution is 2.31. The molecule has 2 N–H and O–H groups in total. The van der Waals surface area contributed by atoms with Crippen LogP contribution in [0.3, 0.4) is 0 Å². The van der Waals surface area contributed by atoms with E-state index in [0.29, 0.717) is 6.42 Å². The molecule has 0 aliphatic rings. The van der Waals surface area contributed by atoms with Gasteiger partial charge in [0.2, 0.25) is 0 Å². The van der Waals surface area contributed by atoms with Gasteiger partial charge in [-0.15, -0.1) is 0 Å². The molecule has 2 rings (SSSR count). The van der Waals surface area contributed by atoms with Crippen molar-refractivity contribution in [2.24, 2.45) is 5.73 Å². The molecule has 112 valence electrons. The van der Waals surface area contributed by atoms with Crippen LogP contribution < -0.4 is 10.5 Å². The number of rotatable bonds is 5. The van der Waals surface area contributed by atoms with Crippen LogP contribution in [0.5, 0.6) is 5.75 Å². The van der Waals surface area contributed by atoms with Gasteiger partial charge in [0.05, 0.1) is 5.02 Å². The second-order valence-electron chi connectivity index (χ2n) is 4.71. The molecule has 0 radical (unpaired) electrons. The van der Waals surface area contributed by atoms with Gasteiger partial charge >= 0.3 is 0 Å². The van der Waals surface area contributed by atoms with Crippen LogP contribution in [0, 0.1) is 5.82 Å². The summed E-state index contributed by atoms with van der Waals surface area (Å²) in [5.41, 5.74) is 7.03. The Morgan fingerprint density at radius 3 is 2.52 bits per heavy atom. The van der Waals surface area contributed by atoms with Crippen LogP contribution in [0.25, 0.3) is 0 Å². The smallest absolute Gasteiger partial charge is 0.183 e. The molecule has 0 fully saturated rings. The molecule has 2 aromatic carbocycles. The van der Waals surface area contributed by atoms with E-state index in [1.165, 1.54) is 6.07 Å². The first-order valence-electron chi connectivity index (χ1n) is 6.64. The van der Waals surface area contributed by atoms with Gasteiger partial charge in [0.15, 0.2) is 11.6 Å². The second kappa shape index (κ2) is 7.25. The third-order valence-corrected chi connectivity index (χ3v) is 4.05. The maximum Gasteiger partial charge on any atom is 0.183 e. The highest BCUT2D eigenvalue weighted by molar-refractivity contribution is 9.10. The number of ether oxygens (including phenoxy) is 1. The average Bonchev–Trinajstić information content (AvgIpc) is 2.49. The van der Waals surface area contributed by atoms with E-state index in [4.69, 9.17) is 22.1 Å². The topological polar surface area (TPSA) is 35.2 Å². The van der Waals surface area contributed by atoms with Gasteiger partial charge in [0.25, 0.3) is 0 Å². The zero-order valence-corrected chi connectivity index (χ0v) is 13.9. The Hall–Kier alpha value is -1.10. The fraction of sp³-hybridized carbons (Fsp3) is 0.250. The molecule has 0 aliphatic carbocycles. The summed E-state index contributed by atoms with van der Waals surface area (Å²) in [5.74, 6) is -0.455. The first kappa shape index (κ1) is 16.3. The summed E-state index contributed by atoms with van der Waals surface area (Å²) in [4.78, 5) is 0. The van der Waals surface area contributed by atoms with Crippen molar-refractivity contribution in [2.45, 2.75) is 25.5 Å². The largest absolute Gasteiger partial charge is 0.481 e. The fourth-order valence-corrected chi connectivity index (χ4v) is 2.41. The number of nitrogens with two attached hydrogens (primary N) is 1. The van der Waals surface area contributed by atoms with Crippen LogP contribution in [0.1, 0.15) is 25.0 Å². The van der Waals surface area contributed by atoms with E-state index in [1.807, 2.05) is 31.2 Å². The van der Waals surface area contributed by atoms with Gasteiger partial charge in [0.1, 0.15) is 6.10 Å². The lowest BCUT2D eigenvalue weighted by molar-refractivity contribution is 0.164. The molecule has 0 aliphatic heterocycles. The Morgan fingerprint density at radius 2 is 1.90 bits per heavy atom. The number of benzene rings is 2. The first-order chi connectivity index (χ1) is 10.0. The van der Waals surface area contributed by atoms with Crippen molar-refractivity contribution in [2.75, 3.05) is 0 Å². The van der Waals surface area contributed by atoms with Crippen molar-refractivity contribution in [1.82, 2.24) is 0 Å². The molecule has 0 spiro atoms. The van der Waals surface area contributed by atoms with Gasteiger partial charge in [0, 0.05) is 10.5 Å². The van der Waals surface area contributed by atoms with Crippen LogP contribution in [-0.2, 0) is 0 Å².